The Balaban J connectivity index is 1.54. The van der Waals surface area contributed by atoms with Crippen LogP contribution in [0.25, 0.3) is 11.3 Å². The summed E-state index contributed by atoms with van der Waals surface area (Å²) in [6.45, 7) is -0.260. The van der Waals surface area contributed by atoms with Gasteiger partial charge in [-0.25, -0.2) is 19.2 Å². The smallest absolute Gasteiger partial charge is 0.341 e. The number of esters is 1. The Morgan fingerprint density at radius 3 is 2.52 bits per heavy atom. The maximum atomic E-state index is 13.3. The number of aromatic nitrogens is 2. The predicted molar refractivity (Wildman–Crippen MR) is 125 cm³/mol. The average Bonchev–Trinajstić information content (AvgIpc) is 3.32. The van der Waals surface area contributed by atoms with Crippen LogP contribution >= 0.6 is 22.9 Å². The number of rotatable bonds is 7. The molecule has 0 saturated carbocycles. The fraction of sp³-hybridized carbons (Fsp3) is 0.0833. The topological polar surface area (TPSA) is 72.4 Å². The first kappa shape index (κ1) is 22.6. The highest BCUT2D eigenvalue weighted by Crippen LogP contribution is 2.29. The summed E-state index contributed by atoms with van der Waals surface area (Å²) in [5.74, 6) is -1.54. The lowest BCUT2D eigenvalue weighted by molar-refractivity contribution is -0.121. The van der Waals surface area contributed by atoms with Crippen molar-refractivity contribution in [2.24, 2.45) is 0 Å². The van der Waals surface area contributed by atoms with Crippen LogP contribution in [0.2, 0.25) is 5.15 Å². The zero-order chi connectivity index (χ0) is 23.2. The summed E-state index contributed by atoms with van der Waals surface area (Å²) in [5.41, 5.74) is 2.30. The fourth-order valence-electron chi connectivity index (χ4n) is 2.99. The van der Waals surface area contributed by atoms with Gasteiger partial charge in [0.05, 0.1) is 17.8 Å². The molecule has 0 aliphatic carbocycles. The zero-order valence-corrected chi connectivity index (χ0v) is 18.7. The Morgan fingerprint density at radius 2 is 1.79 bits per heavy atom. The molecule has 0 bridgehead atoms. The molecule has 1 amide bonds. The number of nitrogens with zero attached hydrogens (tertiary/aromatic N) is 3. The molecule has 0 radical (unpaired) electrons. The van der Waals surface area contributed by atoms with E-state index in [0.717, 1.165) is 11.1 Å². The molecular weight excluding hydrogens is 465 g/mol. The molecule has 0 atom stereocenters. The highest BCUT2D eigenvalue weighted by Gasteiger charge is 2.22. The molecule has 0 spiro atoms. The second-order valence-electron chi connectivity index (χ2n) is 6.91. The third-order valence-corrected chi connectivity index (χ3v) is 5.82. The average molecular weight is 482 g/mol. The van der Waals surface area contributed by atoms with Gasteiger partial charge in [0.2, 0.25) is 0 Å². The second-order valence-corrected chi connectivity index (χ2v) is 8.10. The molecule has 166 valence electrons. The molecule has 2 aromatic carbocycles. The van der Waals surface area contributed by atoms with E-state index in [1.165, 1.54) is 40.6 Å². The normalized spacial score (nSPS) is 10.6. The molecule has 0 saturated heterocycles. The van der Waals surface area contributed by atoms with E-state index in [9.17, 15) is 14.0 Å². The molecule has 6 nitrogen and oxygen atoms in total. The number of amides is 1. The summed E-state index contributed by atoms with van der Waals surface area (Å²) < 4.78 is 18.5. The van der Waals surface area contributed by atoms with Crippen molar-refractivity contribution in [3.63, 3.8) is 0 Å². The Hall–Kier alpha value is -3.62. The zero-order valence-electron chi connectivity index (χ0n) is 17.2. The van der Waals surface area contributed by atoms with Gasteiger partial charge in [-0.1, -0.05) is 41.9 Å². The van der Waals surface area contributed by atoms with Gasteiger partial charge in [0.25, 0.3) is 5.91 Å². The number of hydrogen-bond donors (Lipinski definition) is 0. The molecule has 0 aliphatic heterocycles. The van der Waals surface area contributed by atoms with Gasteiger partial charge in [0.1, 0.15) is 11.0 Å². The van der Waals surface area contributed by atoms with Crippen LogP contribution in [-0.4, -0.2) is 28.5 Å². The summed E-state index contributed by atoms with van der Waals surface area (Å²) in [6, 6.07) is 18.4. The number of hydrogen-bond acceptors (Lipinski definition) is 6. The first-order valence-corrected chi connectivity index (χ1v) is 11.1. The SMILES string of the molecule is O=C(OCC(=O)N(Cc1ccccc1)c1nc(-c2ccc(F)cc2)cs1)c1cccnc1Cl. The van der Waals surface area contributed by atoms with Crippen LogP contribution in [0.3, 0.4) is 0 Å². The Kier molecular flexibility index (Phi) is 7.07. The van der Waals surface area contributed by atoms with Gasteiger partial charge in [0.15, 0.2) is 11.7 Å². The quantitative estimate of drug-likeness (QED) is 0.261. The largest absolute Gasteiger partial charge is 0.452 e. The summed E-state index contributed by atoms with van der Waals surface area (Å²) in [4.78, 5) is 35.3. The van der Waals surface area contributed by atoms with Crippen LogP contribution in [0.15, 0.2) is 78.3 Å². The van der Waals surface area contributed by atoms with Gasteiger partial charge in [-0.2, -0.15) is 0 Å². The Morgan fingerprint density at radius 1 is 1.03 bits per heavy atom. The summed E-state index contributed by atoms with van der Waals surface area (Å²) in [7, 11) is 0. The molecule has 2 heterocycles. The van der Waals surface area contributed by atoms with Crippen molar-refractivity contribution in [3.05, 3.63) is 100 Å². The third-order valence-electron chi connectivity index (χ3n) is 4.65. The Bertz CT molecular complexity index is 1270. The van der Waals surface area contributed by atoms with Gasteiger partial charge in [-0.3, -0.25) is 9.69 Å². The number of carbonyl (C=O) groups excluding carboxylic acids is 2. The fourth-order valence-corrected chi connectivity index (χ4v) is 4.04. The summed E-state index contributed by atoms with van der Waals surface area (Å²) in [6.07, 6.45) is 1.45. The molecule has 4 aromatic rings. The second kappa shape index (κ2) is 10.3. The molecule has 0 aliphatic rings. The highest BCUT2D eigenvalue weighted by atomic mass is 35.5. The number of carbonyl (C=O) groups is 2. The van der Waals surface area contributed by atoms with Crippen LogP contribution in [-0.2, 0) is 16.1 Å². The third kappa shape index (κ3) is 5.60. The number of pyridine rings is 1. The molecule has 2 aromatic heterocycles. The predicted octanol–water partition coefficient (Wildman–Crippen LogP) is 5.39. The van der Waals surface area contributed by atoms with Crippen molar-refractivity contribution >= 4 is 39.9 Å². The molecule has 33 heavy (non-hydrogen) atoms. The monoisotopic (exact) mass is 481 g/mol. The van der Waals surface area contributed by atoms with E-state index in [1.54, 1.807) is 23.6 Å². The molecular formula is C24H17ClFN3O3S. The lowest BCUT2D eigenvalue weighted by Crippen LogP contribution is -2.34. The minimum absolute atomic E-state index is 0.0000428. The summed E-state index contributed by atoms with van der Waals surface area (Å²) >= 11 is 7.20. The van der Waals surface area contributed by atoms with E-state index in [2.05, 4.69) is 9.97 Å². The number of benzene rings is 2. The number of anilines is 1. The van der Waals surface area contributed by atoms with Crippen molar-refractivity contribution in [3.8, 4) is 11.3 Å². The molecule has 9 heteroatoms. The van der Waals surface area contributed by atoms with Crippen LogP contribution in [0.1, 0.15) is 15.9 Å². The van der Waals surface area contributed by atoms with E-state index < -0.39 is 18.5 Å². The first-order chi connectivity index (χ1) is 16.0. The molecule has 0 fully saturated rings. The lowest BCUT2D eigenvalue weighted by Gasteiger charge is -2.20. The van der Waals surface area contributed by atoms with E-state index in [0.29, 0.717) is 10.8 Å². The van der Waals surface area contributed by atoms with E-state index in [-0.39, 0.29) is 23.1 Å². The van der Waals surface area contributed by atoms with Crippen LogP contribution in [0.5, 0.6) is 0 Å². The van der Waals surface area contributed by atoms with Gasteiger partial charge in [-0.05, 0) is 42.0 Å². The lowest BCUT2D eigenvalue weighted by atomic mass is 10.2. The van der Waals surface area contributed by atoms with Crippen LogP contribution in [0, 0.1) is 5.82 Å². The number of halogens is 2. The van der Waals surface area contributed by atoms with Gasteiger partial charge < -0.3 is 4.74 Å². The first-order valence-electron chi connectivity index (χ1n) is 9.84. The maximum Gasteiger partial charge on any atom is 0.341 e. The maximum absolute atomic E-state index is 13.3. The molecule has 4 rings (SSSR count). The standard InChI is InChI=1S/C24H17ClFN3O3S/c25-22-19(7-4-12-27-22)23(31)32-14-21(30)29(13-16-5-2-1-3-6-16)24-28-20(15-33-24)17-8-10-18(26)11-9-17/h1-12,15H,13-14H2. The van der Waals surface area contributed by atoms with Crippen molar-refractivity contribution in [1.29, 1.82) is 0 Å². The highest BCUT2D eigenvalue weighted by molar-refractivity contribution is 7.14. The van der Waals surface area contributed by atoms with Crippen LogP contribution in [0.4, 0.5) is 9.52 Å². The van der Waals surface area contributed by atoms with E-state index in [1.807, 2.05) is 30.3 Å². The van der Waals surface area contributed by atoms with Crippen molar-refractivity contribution < 1.29 is 18.7 Å². The Labute approximate surface area is 198 Å². The molecule has 0 unspecified atom stereocenters. The molecule has 0 N–H and O–H groups in total. The summed E-state index contributed by atoms with van der Waals surface area (Å²) in [5, 5.41) is 2.22. The number of thiazole rings is 1. The van der Waals surface area contributed by atoms with Crippen molar-refractivity contribution in [2.45, 2.75) is 6.54 Å². The van der Waals surface area contributed by atoms with Crippen LogP contribution < -0.4 is 4.90 Å². The minimum Gasteiger partial charge on any atom is -0.452 e. The van der Waals surface area contributed by atoms with E-state index in [4.69, 9.17) is 16.3 Å². The van der Waals surface area contributed by atoms with Crippen molar-refractivity contribution in [2.75, 3.05) is 11.5 Å². The number of ether oxygens (including phenoxy) is 1. The van der Waals surface area contributed by atoms with Crippen molar-refractivity contribution in [1.82, 2.24) is 9.97 Å². The van der Waals surface area contributed by atoms with Gasteiger partial charge in [-0.15, -0.1) is 11.3 Å². The van der Waals surface area contributed by atoms with E-state index >= 15 is 0 Å². The van der Waals surface area contributed by atoms with Gasteiger partial charge in [0, 0.05) is 17.1 Å². The minimum atomic E-state index is -0.743. The van der Waals surface area contributed by atoms with Gasteiger partial charge >= 0.3 is 5.97 Å².